The van der Waals surface area contributed by atoms with E-state index >= 15 is 0 Å². The zero-order valence-corrected chi connectivity index (χ0v) is 12.8. The van der Waals surface area contributed by atoms with E-state index in [0.717, 1.165) is 40.3 Å². The van der Waals surface area contributed by atoms with E-state index in [1.165, 1.54) is 0 Å². The average Bonchev–Trinajstić information content (AvgIpc) is 2.85. The lowest BCUT2D eigenvalue weighted by molar-refractivity contribution is 0.170. The van der Waals surface area contributed by atoms with Crippen LogP contribution in [0.1, 0.15) is 11.3 Å². The van der Waals surface area contributed by atoms with E-state index < -0.39 is 0 Å². The fraction of sp³-hybridized carbons (Fsp3) is 0.357. The number of fused-ring (bicyclic) bond motifs is 1. The van der Waals surface area contributed by atoms with Crippen LogP contribution in [0.15, 0.2) is 28.9 Å². The number of aryl methyl sites for hydroxylation is 1. The summed E-state index contributed by atoms with van der Waals surface area (Å²) in [6.07, 6.45) is 1.94. The Kier molecular flexibility index (Phi) is 3.93. The molecule has 0 fully saturated rings. The van der Waals surface area contributed by atoms with Crippen LogP contribution in [0.4, 0.5) is 0 Å². The standard InChI is InChI=1S/C14H16BrN3O2/c1-18-3-2-11(17-18)9-16-8-10-6-12(15)14-13(7-10)19-4-5-20-14/h2-3,6-7,16H,4-5,8-9H2,1H3. The molecule has 6 heteroatoms. The van der Waals surface area contributed by atoms with E-state index in [9.17, 15) is 0 Å². The number of ether oxygens (including phenoxy) is 2. The second-order valence-corrected chi connectivity index (χ2v) is 5.54. The lowest BCUT2D eigenvalue weighted by Gasteiger charge is -2.20. The first kappa shape index (κ1) is 13.5. The maximum Gasteiger partial charge on any atom is 0.175 e. The van der Waals surface area contributed by atoms with Gasteiger partial charge in [0.1, 0.15) is 13.2 Å². The summed E-state index contributed by atoms with van der Waals surface area (Å²) in [7, 11) is 1.92. The zero-order chi connectivity index (χ0) is 13.9. The van der Waals surface area contributed by atoms with Crippen LogP contribution >= 0.6 is 15.9 Å². The Labute approximate surface area is 126 Å². The van der Waals surface area contributed by atoms with E-state index in [1.54, 1.807) is 4.68 Å². The minimum atomic E-state index is 0.600. The van der Waals surface area contributed by atoms with E-state index in [4.69, 9.17) is 9.47 Å². The summed E-state index contributed by atoms with van der Waals surface area (Å²) in [5, 5.41) is 7.70. The van der Waals surface area contributed by atoms with Gasteiger partial charge in [-0.05, 0) is 39.7 Å². The Balaban J connectivity index is 1.64. The summed E-state index contributed by atoms with van der Waals surface area (Å²) in [6, 6.07) is 6.08. The Morgan fingerprint density at radius 2 is 2.15 bits per heavy atom. The van der Waals surface area contributed by atoms with Gasteiger partial charge in [-0.15, -0.1) is 0 Å². The van der Waals surface area contributed by atoms with Crippen LogP contribution < -0.4 is 14.8 Å². The molecule has 2 aromatic rings. The number of rotatable bonds is 4. The third-order valence-electron chi connectivity index (χ3n) is 3.06. The zero-order valence-electron chi connectivity index (χ0n) is 11.2. The van der Waals surface area contributed by atoms with Gasteiger partial charge in [-0.3, -0.25) is 4.68 Å². The first-order valence-corrected chi connectivity index (χ1v) is 7.29. The molecule has 0 aliphatic carbocycles. The molecule has 1 aliphatic heterocycles. The highest BCUT2D eigenvalue weighted by atomic mass is 79.9. The fourth-order valence-electron chi connectivity index (χ4n) is 2.16. The van der Waals surface area contributed by atoms with Crippen LogP contribution in [0.3, 0.4) is 0 Å². The van der Waals surface area contributed by atoms with Crippen molar-refractivity contribution in [2.45, 2.75) is 13.1 Å². The van der Waals surface area contributed by atoms with Gasteiger partial charge in [0.05, 0.1) is 10.2 Å². The number of hydrogen-bond acceptors (Lipinski definition) is 4. The molecule has 1 N–H and O–H groups in total. The molecule has 1 aromatic carbocycles. The highest BCUT2D eigenvalue weighted by Crippen LogP contribution is 2.38. The normalized spacial score (nSPS) is 13.5. The van der Waals surface area contributed by atoms with E-state index in [-0.39, 0.29) is 0 Å². The van der Waals surface area contributed by atoms with Crippen molar-refractivity contribution in [1.29, 1.82) is 0 Å². The number of nitrogens with zero attached hydrogens (tertiary/aromatic N) is 2. The van der Waals surface area contributed by atoms with Crippen molar-refractivity contribution < 1.29 is 9.47 Å². The second kappa shape index (κ2) is 5.85. The lowest BCUT2D eigenvalue weighted by atomic mass is 10.2. The summed E-state index contributed by atoms with van der Waals surface area (Å²) in [4.78, 5) is 0. The number of aromatic nitrogens is 2. The lowest BCUT2D eigenvalue weighted by Crippen LogP contribution is -2.17. The van der Waals surface area contributed by atoms with Gasteiger partial charge in [-0.25, -0.2) is 0 Å². The molecule has 2 heterocycles. The molecule has 0 bridgehead atoms. The Morgan fingerprint density at radius 1 is 1.30 bits per heavy atom. The summed E-state index contributed by atoms with van der Waals surface area (Å²) in [6.45, 7) is 2.70. The predicted molar refractivity (Wildman–Crippen MR) is 78.9 cm³/mol. The van der Waals surface area contributed by atoms with Crippen molar-refractivity contribution in [2.75, 3.05) is 13.2 Å². The molecule has 1 aliphatic rings. The molecule has 106 valence electrons. The Morgan fingerprint density at radius 3 is 2.95 bits per heavy atom. The van der Waals surface area contributed by atoms with Crippen molar-refractivity contribution in [2.24, 2.45) is 7.05 Å². The van der Waals surface area contributed by atoms with Crippen LogP contribution in [0.2, 0.25) is 0 Å². The smallest absolute Gasteiger partial charge is 0.175 e. The fourth-order valence-corrected chi connectivity index (χ4v) is 2.76. The highest BCUT2D eigenvalue weighted by Gasteiger charge is 2.16. The minimum absolute atomic E-state index is 0.600. The molecule has 20 heavy (non-hydrogen) atoms. The molecule has 0 radical (unpaired) electrons. The van der Waals surface area contributed by atoms with Crippen molar-refractivity contribution in [3.8, 4) is 11.5 Å². The molecule has 0 unspecified atom stereocenters. The molecule has 5 nitrogen and oxygen atoms in total. The summed E-state index contributed by atoms with van der Waals surface area (Å²) in [5.74, 6) is 1.60. The third-order valence-corrected chi connectivity index (χ3v) is 3.65. The first-order chi connectivity index (χ1) is 9.72. The van der Waals surface area contributed by atoms with Gasteiger partial charge in [-0.2, -0.15) is 5.10 Å². The summed E-state index contributed by atoms with van der Waals surface area (Å²) < 4.78 is 13.9. The third kappa shape index (κ3) is 2.96. The first-order valence-electron chi connectivity index (χ1n) is 6.49. The number of benzene rings is 1. The topological polar surface area (TPSA) is 48.3 Å². The molecule has 0 saturated carbocycles. The van der Waals surface area contributed by atoms with Gasteiger partial charge in [0.15, 0.2) is 11.5 Å². The molecule has 1 aromatic heterocycles. The second-order valence-electron chi connectivity index (χ2n) is 4.69. The summed E-state index contributed by atoms with van der Waals surface area (Å²) >= 11 is 3.52. The molecule has 0 amide bonds. The molecular weight excluding hydrogens is 322 g/mol. The maximum atomic E-state index is 5.61. The van der Waals surface area contributed by atoms with Gasteiger partial charge in [0, 0.05) is 26.3 Å². The van der Waals surface area contributed by atoms with Crippen molar-refractivity contribution in [3.63, 3.8) is 0 Å². The molecule has 0 saturated heterocycles. The van der Waals surface area contributed by atoms with Crippen LogP contribution in [-0.2, 0) is 20.1 Å². The monoisotopic (exact) mass is 337 g/mol. The average molecular weight is 338 g/mol. The summed E-state index contributed by atoms with van der Waals surface area (Å²) in [5.41, 5.74) is 2.18. The van der Waals surface area contributed by atoms with Gasteiger partial charge in [0.25, 0.3) is 0 Å². The van der Waals surface area contributed by atoms with E-state index in [1.807, 2.05) is 25.4 Å². The predicted octanol–water partition coefficient (Wildman–Crippen LogP) is 2.24. The van der Waals surface area contributed by atoms with Crippen LogP contribution in [0, 0.1) is 0 Å². The van der Waals surface area contributed by atoms with Crippen molar-refractivity contribution >= 4 is 15.9 Å². The van der Waals surface area contributed by atoms with Gasteiger partial charge >= 0.3 is 0 Å². The minimum Gasteiger partial charge on any atom is -0.486 e. The molecule has 0 spiro atoms. The van der Waals surface area contributed by atoms with Crippen LogP contribution in [0.25, 0.3) is 0 Å². The quantitative estimate of drug-likeness (QED) is 0.929. The molecule has 3 rings (SSSR count). The van der Waals surface area contributed by atoms with Gasteiger partial charge < -0.3 is 14.8 Å². The van der Waals surface area contributed by atoms with Crippen molar-refractivity contribution in [3.05, 3.63) is 40.1 Å². The molecular formula is C14H16BrN3O2. The maximum absolute atomic E-state index is 5.61. The SMILES string of the molecule is Cn1ccc(CNCc2cc(Br)c3c(c2)OCCO3)n1. The van der Waals surface area contributed by atoms with Crippen LogP contribution in [-0.4, -0.2) is 23.0 Å². The highest BCUT2D eigenvalue weighted by molar-refractivity contribution is 9.10. The van der Waals surface area contributed by atoms with Crippen molar-refractivity contribution in [1.82, 2.24) is 15.1 Å². The number of nitrogens with one attached hydrogen (secondary N) is 1. The Hall–Kier alpha value is -1.53. The van der Waals surface area contributed by atoms with Gasteiger partial charge in [0.2, 0.25) is 0 Å². The largest absolute Gasteiger partial charge is 0.486 e. The molecule has 0 atom stereocenters. The van der Waals surface area contributed by atoms with Gasteiger partial charge in [-0.1, -0.05) is 0 Å². The Bertz CT molecular complexity index is 612. The van der Waals surface area contributed by atoms with E-state index in [0.29, 0.717) is 13.2 Å². The number of hydrogen-bond donors (Lipinski definition) is 1. The van der Waals surface area contributed by atoms with Crippen LogP contribution in [0.5, 0.6) is 11.5 Å². The number of halogens is 1. The van der Waals surface area contributed by atoms with E-state index in [2.05, 4.69) is 32.4 Å².